The van der Waals surface area contributed by atoms with Gasteiger partial charge in [0.25, 0.3) is 0 Å². The van der Waals surface area contributed by atoms with Gasteiger partial charge in [0.15, 0.2) is 0 Å². The number of allylic oxidation sites excluding steroid dienone is 1. The van der Waals surface area contributed by atoms with E-state index in [1.807, 2.05) is 0 Å². The van der Waals surface area contributed by atoms with Crippen LogP contribution in [-0.4, -0.2) is 8.07 Å². The number of hydrogen-bond donors (Lipinski definition) is 0. The molecule has 0 saturated heterocycles. The van der Waals surface area contributed by atoms with E-state index in [-0.39, 0.29) is 0 Å². The third-order valence-corrected chi connectivity index (χ3v) is 5.25. The van der Waals surface area contributed by atoms with E-state index >= 15 is 0 Å². The maximum absolute atomic E-state index is 4.29. The summed E-state index contributed by atoms with van der Waals surface area (Å²) in [5.74, 6) is 0. The van der Waals surface area contributed by atoms with Gasteiger partial charge in [-0.2, -0.15) is 0 Å². The molecule has 0 amide bonds. The summed E-state index contributed by atoms with van der Waals surface area (Å²) in [5, 5.41) is 1.56. The molecule has 1 rings (SSSR count). The summed E-state index contributed by atoms with van der Waals surface area (Å²) in [6.07, 6.45) is 5.02. The van der Waals surface area contributed by atoms with E-state index in [2.05, 4.69) is 57.4 Å². The van der Waals surface area contributed by atoms with Crippen molar-refractivity contribution in [1.82, 2.24) is 0 Å². The van der Waals surface area contributed by atoms with E-state index in [0.29, 0.717) is 0 Å². The van der Waals surface area contributed by atoms with E-state index in [0.717, 1.165) is 6.42 Å². The standard InChI is InChI=1S/C16H26Si/c1-6-7-8-11-14(2)15-12-9-10-13-16(15)17(3,4)5/h9-10,12-13H,2,6-8,11H2,1,3-5H3. The Kier molecular flexibility index (Phi) is 5.19. The third-order valence-electron chi connectivity index (χ3n) is 3.20. The summed E-state index contributed by atoms with van der Waals surface area (Å²) in [6, 6.07) is 8.86. The van der Waals surface area contributed by atoms with Gasteiger partial charge in [-0.25, -0.2) is 0 Å². The fraction of sp³-hybridized carbons (Fsp3) is 0.500. The molecule has 0 radical (unpaired) electrons. The Morgan fingerprint density at radius 1 is 1.12 bits per heavy atom. The van der Waals surface area contributed by atoms with Crippen LogP contribution in [0.5, 0.6) is 0 Å². The molecular formula is C16H26Si. The van der Waals surface area contributed by atoms with Gasteiger partial charge in [-0.1, -0.05) is 75.4 Å². The zero-order chi connectivity index (χ0) is 12.9. The van der Waals surface area contributed by atoms with E-state index in [1.165, 1.54) is 30.4 Å². The second kappa shape index (κ2) is 6.20. The molecule has 0 aliphatic carbocycles. The summed E-state index contributed by atoms with van der Waals surface area (Å²) in [4.78, 5) is 0. The molecule has 0 unspecified atom stereocenters. The lowest BCUT2D eigenvalue weighted by Gasteiger charge is -2.22. The second-order valence-electron chi connectivity index (χ2n) is 5.86. The average Bonchev–Trinajstić information content (AvgIpc) is 2.28. The van der Waals surface area contributed by atoms with Gasteiger partial charge in [0, 0.05) is 0 Å². The van der Waals surface area contributed by atoms with Crippen LogP contribution in [0, 0.1) is 0 Å². The van der Waals surface area contributed by atoms with E-state index in [4.69, 9.17) is 0 Å². The first-order chi connectivity index (χ1) is 7.96. The molecule has 0 heterocycles. The van der Waals surface area contributed by atoms with Crippen molar-refractivity contribution in [2.24, 2.45) is 0 Å². The minimum Gasteiger partial charge on any atom is -0.0952 e. The summed E-state index contributed by atoms with van der Waals surface area (Å²) in [7, 11) is -1.25. The molecular weight excluding hydrogens is 220 g/mol. The SMILES string of the molecule is C=C(CCCCC)c1ccccc1[Si](C)(C)C. The van der Waals surface area contributed by atoms with Gasteiger partial charge < -0.3 is 0 Å². The molecule has 1 aromatic rings. The predicted molar refractivity (Wildman–Crippen MR) is 82.6 cm³/mol. The minimum atomic E-state index is -1.25. The average molecular weight is 246 g/mol. The maximum Gasteiger partial charge on any atom is 0.0783 e. The molecule has 94 valence electrons. The van der Waals surface area contributed by atoms with Crippen molar-refractivity contribution in [3.63, 3.8) is 0 Å². The van der Waals surface area contributed by atoms with E-state index in [1.54, 1.807) is 5.19 Å². The first kappa shape index (κ1) is 14.2. The first-order valence-electron chi connectivity index (χ1n) is 6.74. The highest BCUT2D eigenvalue weighted by molar-refractivity contribution is 6.89. The van der Waals surface area contributed by atoms with Gasteiger partial charge in [-0.3, -0.25) is 0 Å². The largest absolute Gasteiger partial charge is 0.0952 e. The summed E-state index contributed by atoms with van der Waals surface area (Å²) >= 11 is 0. The molecule has 1 heteroatoms. The van der Waals surface area contributed by atoms with Gasteiger partial charge in [0.2, 0.25) is 0 Å². The second-order valence-corrected chi connectivity index (χ2v) is 10.9. The van der Waals surface area contributed by atoms with Crippen molar-refractivity contribution < 1.29 is 0 Å². The zero-order valence-corrected chi connectivity index (χ0v) is 12.8. The number of rotatable bonds is 6. The number of hydrogen-bond acceptors (Lipinski definition) is 0. The quantitative estimate of drug-likeness (QED) is 0.498. The molecule has 1 aromatic carbocycles. The lowest BCUT2D eigenvalue weighted by molar-refractivity contribution is 0.736. The molecule has 0 aliphatic rings. The molecule has 17 heavy (non-hydrogen) atoms. The van der Waals surface area contributed by atoms with Crippen molar-refractivity contribution in [2.75, 3.05) is 0 Å². The van der Waals surface area contributed by atoms with Crippen LogP contribution in [0.3, 0.4) is 0 Å². The lowest BCUT2D eigenvalue weighted by Crippen LogP contribution is -2.39. The van der Waals surface area contributed by atoms with Crippen LogP contribution >= 0.6 is 0 Å². The Balaban J connectivity index is 2.86. The van der Waals surface area contributed by atoms with Gasteiger partial charge in [-0.05, 0) is 24.0 Å². The van der Waals surface area contributed by atoms with Crippen LogP contribution in [-0.2, 0) is 0 Å². The van der Waals surface area contributed by atoms with Crippen molar-refractivity contribution in [3.8, 4) is 0 Å². The highest BCUT2D eigenvalue weighted by Gasteiger charge is 2.20. The first-order valence-corrected chi connectivity index (χ1v) is 10.2. The van der Waals surface area contributed by atoms with Gasteiger partial charge in [0.05, 0.1) is 8.07 Å². The van der Waals surface area contributed by atoms with E-state index < -0.39 is 8.07 Å². The minimum absolute atomic E-state index is 1.15. The fourth-order valence-corrected chi connectivity index (χ4v) is 3.83. The van der Waals surface area contributed by atoms with Crippen molar-refractivity contribution in [3.05, 3.63) is 36.4 Å². The molecule has 0 saturated carbocycles. The van der Waals surface area contributed by atoms with Crippen molar-refractivity contribution >= 4 is 18.8 Å². The number of unbranched alkanes of at least 4 members (excludes halogenated alkanes) is 2. The smallest absolute Gasteiger partial charge is 0.0783 e. The monoisotopic (exact) mass is 246 g/mol. The summed E-state index contributed by atoms with van der Waals surface area (Å²) in [5.41, 5.74) is 2.75. The highest BCUT2D eigenvalue weighted by atomic mass is 28.3. The van der Waals surface area contributed by atoms with Crippen LogP contribution < -0.4 is 5.19 Å². The Bertz CT molecular complexity index is 371. The fourth-order valence-electron chi connectivity index (χ4n) is 2.17. The Morgan fingerprint density at radius 3 is 2.35 bits per heavy atom. The molecule has 0 N–H and O–H groups in total. The Labute approximate surface area is 108 Å². The predicted octanol–water partition coefficient (Wildman–Crippen LogP) is 4.83. The van der Waals surface area contributed by atoms with Crippen molar-refractivity contribution in [2.45, 2.75) is 52.2 Å². The summed E-state index contributed by atoms with van der Waals surface area (Å²) in [6.45, 7) is 13.8. The molecule has 0 aromatic heterocycles. The topological polar surface area (TPSA) is 0 Å². The third kappa shape index (κ3) is 4.16. The van der Waals surface area contributed by atoms with Crippen LogP contribution in [0.15, 0.2) is 30.8 Å². The lowest BCUT2D eigenvalue weighted by atomic mass is 10.0. The van der Waals surface area contributed by atoms with Crippen LogP contribution in [0.4, 0.5) is 0 Å². The molecule has 0 atom stereocenters. The Hall–Kier alpha value is -0.823. The maximum atomic E-state index is 4.29. The summed E-state index contributed by atoms with van der Waals surface area (Å²) < 4.78 is 0. The van der Waals surface area contributed by atoms with Gasteiger partial charge >= 0.3 is 0 Å². The zero-order valence-electron chi connectivity index (χ0n) is 11.8. The van der Waals surface area contributed by atoms with E-state index in [9.17, 15) is 0 Å². The molecule has 0 fully saturated rings. The Morgan fingerprint density at radius 2 is 1.76 bits per heavy atom. The number of benzene rings is 1. The van der Waals surface area contributed by atoms with Crippen molar-refractivity contribution in [1.29, 1.82) is 0 Å². The molecule has 0 bridgehead atoms. The molecule has 0 aliphatic heterocycles. The molecule has 0 spiro atoms. The van der Waals surface area contributed by atoms with Crippen LogP contribution in [0.25, 0.3) is 5.57 Å². The van der Waals surface area contributed by atoms with Crippen LogP contribution in [0.1, 0.15) is 38.2 Å². The highest BCUT2D eigenvalue weighted by Crippen LogP contribution is 2.20. The van der Waals surface area contributed by atoms with Crippen LogP contribution in [0.2, 0.25) is 19.6 Å². The van der Waals surface area contributed by atoms with Gasteiger partial charge in [0.1, 0.15) is 0 Å². The molecule has 0 nitrogen and oxygen atoms in total. The normalized spacial score (nSPS) is 11.5. The van der Waals surface area contributed by atoms with Gasteiger partial charge in [-0.15, -0.1) is 0 Å².